The van der Waals surface area contributed by atoms with Crippen molar-refractivity contribution < 1.29 is 9.53 Å². The van der Waals surface area contributed by atoms with E-state index in [0.29, 0.717) is 16.9 Å². The number of nitrogens with two attached hydrogens (primary N) is 1. The standard InChI is InChI=1S/C15H17N3O3/c1-9-7-10(2)18(15(20)17-9)8-11-5-4-6-12(16)13(11)14(19)21-3/h4-7H,8,16H2,1-3H3. The predicted octanol–water partition coefficient (Wildman–Crippen LogP) is 1.28. The molecule has 6 heteroatoms. The van der Waals surface area contributed by atoms with Crippen LogP contribution in [0.1, 0.15) is 27.3 Å². The van der Waals surface area contributed by atoms with Crippen LogP contribution in [0.4, 0.5) is 5.69 Å². The molecule has 0 unspecified atom stereocenters. The number of benzene rings is 1. The largest absolute Gasteiger partial charge is 0.465 e. The second-order valence-electron chi connectivity index (χ2n) is 4.78. The zero-order valence-electron chi connectivity index (χ0n) is 12.2. The predicted molar refractivity (Wildman–Crippen MR) is 79.3 cm³/mol. The van der Waals surface area contributed by atoms with Crippen molar-refractivity contribution in [3.8, 4) is 0 Å². The Labute approximate surface area is 122 Å². The number of methoxy groups -OCH3 is 1. The van der Waals surface area contributed by atoms with E-state index in [1.807, 2.05) is 13.0 Å². The van der Waals surface area contributed by atoms with Gasteiger partial charge in [0, 0.05) is 17.1 Å². The molecule has 110 valence electrons. The molecule has 0 aliphatic carbocycles. The Morgan fingerprint density at radius 1 is 1.38 bits per heavy atom. The molecule has 2 rings (SSSR count). The first-order valence-corrected chi connectivity index (χ1v) is 6.44. The summed E-state index contributed by atoms with van der Waals surface area (Å²) in [5, 5.41) is 0. The van der Waals surface area contributed by atoms with Crippen LogP contribution < -0.4 is 11.4 Å². The van der Waals surface area contributed by atoms with E-state index >= 15 is 0 Å². The van der Waals surface area contributed by atoms with Crippen molar-refractivity contribution in [1.82, 2.24) is 9.55 Å². The quantitative estimate of drug-likeness (QED) is 0.678. The lowest BCUT2D eigenvalue weighted by molar-refractivity contribution is 0.0600. The number of carbonyl (C=O) groups is 1. The second kappa shape index (κ2) is 5.78. The van der Waals surface area contributed by atoms with Crippen molar-refractivity contribution in [2.24, 2.45) is 0 Å². The summed E-state index contributed by atoms with van der Waals surface area (Å²) in [5.74, 6) is -0.520. The minimum Gasteiger partial charge on any atom is -0.465 e. The highest BCUT2D eigenvalue weighted by Crippen LogP contribution is 2.19. The molecule has 0 spiro atoms. The van der Waals surface area contributed by atoms with Gasteiger partial charge in [-0.2, -0.15) is 4.98 Å². The topological polar surface area (TPSA) is 87.2 Å². The van der Waals surface area contributed by atoms with Gasteiger partial charge in [-0.3, -0.25) is 4.57 Å². The Morgan fingerprint density at radius 2 is 2.10 bits per heavy atom. The highest BCUT2D eigenvalue weighted by atomic mass is 16.5. The van der Waals surface area contributed by atoms with Gasteiger partial charge >= 0.3 is 11.7 Å². The molecule has 0 saturated carbocycles. The lowest BCUT2D eigenvalue weighted by Gasteiger charge is -2.14. The van der Waals surface area contributed by atoms with Crippen LogP contribution in [-0.2, 0) is 11.3 Å². The fraction of sp³-hybridized carbons (Fsp3) is 0.267. The Kier molecular flexibility index (Phi) is 4.07. The normalized spacial score (nSPS) is 10.4. The molecule has 0 aliphatic rings. The number of nitrogens with zero attached hydrogens (tertiary/aromatic N) is 2. The summed E-state index contributed by atoms with van der Waals surface area (Å²) in [5.41, 5.74) is 8.15. The number of ether oxygens (including phenoxy) is 1. The van der Waals surface area contributed by atoms with Gasteiger partial charge in [0.25, 0.3) is 0 Å². The number of hydrogen-bond acceptors (Lipinski definition) is 5. The van der Waals surface area contributed by atoms with Crippen molar-refractivity contribution in [1.29, 1.82) is 0 Å². The molecule has 0 atom stereocenters. The molecule has 0 fully saturated rings. The minimum absolute atomic E-state index is 0.216. The van der Waals surface area contributed by atoms with Gasteiger partial charge in [-0.25, -0.2) is 9.59 Å². The minimum atomic E-state index is -0.520. The first-order valence-electron chi connectivity index (χ1n) is 6.44. The second-order valence-corrected chi connectivity index (χ2v) is 4.78. The Hall–Kier alpha value is -2.63. The summed E-state index contributed by atoms with van der Waals surface area (Å²) in [6.45, 7) is 3.80. The molecule has 1 aromatic heterocycles. The van der Waals surface area contributed by atoms with Gasteiger partial charge in [0.15, 0.2) is 0 Å². The van der Waals surface area contributed by atoms with Crippen LogP contribution in [0.5, 0.6) is 0 Å². The lowest BCUT2D eigenvalue weighted by Crippen LogP contribution is -2.27. The monoisotopic (exact) mass is 287 g/mol. The number of hydrogen-bond donors (Lipinski definition) is 1. The third-order valence-electron chi connectivity index (χ3n) is 3.25. The Morgan fingerprint density at radius 3 is 2.71 bits per heavy atom. The molecule has 2 aromatic rings. The maximum Gasteiger partial charge on any atom is 0.348 e. The van der Waals surface area contributed by atoms with Crippen molar-refractivity contribution in [2.45, 2.75) is 20.4 Å². The molecular weight excluding hydrogens is 270 g/mol. The maximum atomic E-state index is 12.0. The van der Waals surface area contributed by atoms with Crippen molar-refractivity contribution in [3.63, 3.8) is 0 Å². The van der Waals surface area contributed by atoms with E-state index in [1.165, 1.54) is 11.7 Å². The van der Waals surface area contributed by atoms with Crippen LogP contribution >= 0.6 is 0 Å². The summed E-state index contributed by atoms with van der Waals surface area (Å²) < 4.78 is 6.25. The van der Waals surface area contributed by atoms with Crippen molar-refractivity contribution in [3.05, 3.63) is 57.3 Å². The summed E-state index contributed by atoms with van der Waals surface area (Å²) in [4.78, 5) is 27.8. The zero-order chi connectivity index (χ0) is 15.6. The van der Waals surface area contributed by atoms with Crippen molar-refractivity contribution in [2.75, 3.05) is 12.8 Å². The van der Waals surface area contributed by atoms with E-state index in [2.05, 4.69) is 4.98 Å². The average Bonchev–Trinajstić information content (AvgIpc) is 2.42. The number of esters is 1. The van der Waals surface area contributed by atoms with E-state index in [0.717, 1.165) is 5.69 Å². The highest BCUT2D eigenvalue weighted by molar-refractivity contribution is 5.96. The van der Waals surface area contributed by atoms with E-state index in [9.17, 15) is 9.59 Å². The molecule has 21 heavy (non-hydrogen) atoms. The molecule has 1 heterocycles. The third-order valence-corrected chi connectivity index (χ3v) is 3.25. The number of aryl methyl sites for hydroxylation is 2. The number of nitrogen functional groups attached to an aromatic ring is 1. The summed E-state index contributed by atoms with van der Waals surface area (Å²) in [7, 11) is 1.30. The van der Waals surface area contributed by atoms with Crippen LogP contribution in [0.15, 0.2) is 29.1 Å². The zero-order valence-corrected chi connectivity index (χ0v) is 12.2. The van der Waals surface area contributed by atoms with Gasteiger partial charge in [-0.15, -0.1) is 0 Å². The van der Waals surface area contributed by atoms with E-state index < -0.39 is 5.97 Å². The SMILES string of the molecule is COC(=O)c1c(N)cccc1Cn1c(C)cc(C)nc1=O. The van der Waals surface area contributed by atoms with E-state index in [4.69, 9.17) is 10.5 Å². The fourth-order valence-electron chi connectivity index (χ4n) is 2.24. The van der Waals surface area contributed by atoms with Crippen LogP contribution in [0.2, 0.25) is 0 Å². The first kappa shape index (κ1) is 14.8. The van der Waals surface area contributed by atoms with Crippen LogP contribution in [-0.4, -0.2) is 22.6 Å². The molecule has 6 nitrogen and oxygen atoms in total. The number of rotatable bonds is 3. The van der Waals surface area contributed by atoms with Gasteiger partial charge in [0.1, 0.15) is 0 Å². The molecule has 0 saturated heterocycles. The van der Waals surface area contributed by atoms with Gasteiger partial charge in [-0.1, -0.05) is 12.1 Å². The van der Waals surface area contributed by atoms with Gasteiger partial charge in [-0.05, 0) is 31.5 Å². The smallest absolute Gasteiger partial charge is 0.348 e. The average molecular weight is 287 g/mol. The van der Waals surface area contributed by atoms with E-state index in [1.54, 1.807) is 25.1 Å². The summed E-state index contributed by atoms with van der Waals surface area (Å²) >= 11 is 0. The van der Waals surface area contributed by atoms with Crippen LogP contribution in [0, 0.1) is 13.8 Å². The molecule has 2 N–H and O–H groups in total. The molecule has 0 aliphatic heterocycles. The number of carbonyl (C=O) groups excluding carboxylic acids is 1. The summed E-state index contributed by atoms with van der Waals surface area (Å²) in [6, 6.07) is 6.91. The number of anilines is 1. The number of aromatic nitrogens is 2. The molecule has 1 aromatic carbocycles. The molecular formula is C15H17N3O3. The van der Waals surface area contributed by atoms with Gasteiger partial charge < -0.3 is 10.5 Å². The van der Waals surface area contributed by atoms with Crippen molar-refractivity contribution >= 4 is 11.7 Å². The van der Waals surface area contributed by atoms with E-state index in [-0.39, 0.29) is 17.8 Å². The van der Waals surface area contributed by atoms with Crippen LogP contribution in [0.25, 0.3) is 0 Å². The van der Waals surface area contributed by atoms with Gasteiger partial charge in [0.05, 0.1) is 19.2 Å². The third kappa shape index (κ3) is 2.94. The first-order chi connectivity index (χ1) is 9.93. The molecule has 0 amide bonds. The fourth-order valence-corrected chi connectivity index (χ4v) is 2.24. The molecule has 0 bridgehead atoms. The highest BCUT2D eigenvalue weighted by Gasteiger charge is 2.16. The Balaban J connectivity index is 2.53. The van der Waals surface area contributed by atoms with Gasteiger partial charge in [0.2, 0.25) is 0 Å². The maximum absolute atomic E-state index is 12.0. The lowest BCUT2D eigenvalue weighted by atomic mass is 10.1. The summed E-state index contributed by atoms with van der Waals surface area (Å²) in [6.07, 6.45) is 0. The Bertz CT molecular complexity index is 750. The van der Waals surface area contributed by atoms with Crippen LogP contribution in [0.3, 0.4) is 0 Å². The molecule has 0 radical (unpaired) electrons.